The highest BCUT2D eigenvalue weighted by atomic mass is 16.2. The molecule has 0 saturated carbocycles. The van der Waals surface area contributed by atoms with E-state index in [1.54, 1.807) is 42.5 Å². The van der Waals surface area contributed by atoms with Crippen LogP contribution < -0.4 is 5.32 Å². The Kier molecular flexibility index (Phi) is 5.89. The van der Waals surface area contributed by atoms with Crippen LogP contribution in [0.3, 0.4) is 0 Å². The predicted octanol–water partition coefficient (Wildman–Crippen LogP) is 2.68. The first-order chi connectivity index (χ1) is 13.1. The van der Waals surface area contributed by atoms with Crippen molar-refractivity contribution in [1.29, 1.82) is 0 Å². The minimum Gasteiger partial charge on any atom is -0.347 e. The number of rotatable bonds is 6. The lowest BCUT2D eigenvalue weighted by Gasteiger charge is -2.17. The summed E-state index contributed by atoms with van der Waals surface area (Å²) in [5.74, 6) is -0.569. The third kappa shape index (κ3) is 4.98. The van der Waals surface area contributed by atoms with Gasteiger partial charge < -0.3 is 10.2 Å². The molecule has 0 bridgehead atoms. The summed E-state index contributed by atoms with van der Waals surface area (Å²) in [5, 5.41) is 2.78. The first-order valence-electron chi connectivity index (χ1n) is 8.57. The van der Waals surface area contributed by atoms with Crippen molar-refractivity contribution in [3.05, 3.63) is 95.6 Å². The summed E-state index contributed by atoms with van der Waals surface area (Å²) in [6.45, 7) is 0.819. The van der Waals surface area contributed by atoms with Crippen molar-refractivity contribution >= 4 is 11.8 Å². The van der Waals surface area contributed by atoms with Crippen molar-refractivity contribution in [2.45, 2.75) is 13.1 Å². The average Bonchev–Trinajstić information content (AvgIpc) is 2.73. The minimum atomic E-state index is -0.334. The number of hydrogen-bond acceptors (Lipinski definition) is 4. The van der Waals surface area contributed by atoms with E-state index < -0.39 is 0 Å². The molecule has 0 aliphatic carbocycles. The third-order valence-electron chi connectivity index (χ3n) is 3.99. The Morgan fingerprint density at radius 1 is 0.926 bits per heavy atom. The van der Waals surface area contributed by atoms with Crippen LogP contribution in [-0.4, -0.2) is 33.7 Å². The number of benzene rings is 1. The van der Waals surface area contributed by atoms with Crippen molar-refractivity contribution in [2.24, 2.45) is 0 Å². The van der Waals surface area contributed by atoms with E-state index in [2.05, 4.69) is 15.3 Å². The number of nitrogens with zero attached hydrogens (tertiary/aromatic N) is 3. The Hall–Kier alpha value is -3.54. The monoisotopic (exact) mass is 360 g/mol. The quantitative estimate of drug-likeness (QED) is 0.733. The van der Waals surface area contributed by atoms with Crippen molar-refractivity contribution in [3.63, 3.8) is 0 Å². The molecule has 27 heavy (non-hydrogen) atoms. The van der Waals surface area contributed by atoms with Gasteiger partial charge in [0.05, 0.1) is 0 Å². The first-order valence-corrected chi connectivity index (χ1v) is 8.57. The van der Waals surface area contributed by atoms with Gasteiger partial charge in [0.1, 0.15) is 11.4 Å². The topological polar surface area (TPSA) is 75.2 Å². The van der Waals surface area contributed by atoms with Gasteiger partial charge in [0.2, 0.25) is 0 Å². The molecule has 1 N–H and O–H groups in total. The van der Waals surface area contributed by atoms with Crippen LogP contribution in [0.2, 0.25) is 0 Å². The van der Waals surface area contributed by atoms with Gasteiger partial charge in [-0.15, -0.1) is 0 Å². The van der Waals surface area contributed by atoms with Crippen LogP contribution >= 0.6 is 0 Å². The zero-order valence-corrected chi connectivity index (χ0v) is 15.0. The van der Waals surface area contributed by atoms with Gasteiger partial charge in [-0.05, 0) is 29.3 Å². The minimum absolute atomic E-state index is 0.206. The number of amides is 2. The third-order valence-corrected chi connectivity index (χ3v) is 3.99. The zero-order valence-electron chi connectivity index (χ0n) is 15.0. The van der Waals surface area contributed by atoms with E-state index in [0.717, 1.165) is 11.1 Å². The Morgan fingerprint density at radius 3 is 2.41 bits per heavy atom. The summed E-state index contributed by atoms with van der Waals surface area (Å²) >= 11 is 0. The normalized spacial score (nSPS) is 10.3. The van der Waals surface area contributed by atoms with E-state index in [-0.39, 0.29) is 23.2 Å². The Balaban J connectivity index is 1.65. The summed E-state index contributed by atoms with van der Waals surface area (Å²) < 4.78 is 0. The van der Waals surface area contributed by atoms with Gasteiger partial charge in [0, 0.05) is 32.5 Å². The number of pyridine rings is 2. The largest absolute Gasteiger partial charge is 0.347 e. The molecule has 6 heteroatoms. The Bertz CT molecular complexity index is 914. The highest BCUT2D eigenvalue weighted by Crippen LogP contribution is 2.08. The van der Waals surface area contributed by atoms with Gasteiger partial charge in [-0.1, -0.05) is 42.5 Å². The van der Waals surface area contributed by atoms with Crippen molar-refractivity contribution in [1.82, 2.24) is 20.2 Å². The summed E-state index contributed by atoms with van der Waals surface area (Å²) in [6.07, 6.45) is 3.36. The standard InChI is InChI=1S/C21H20N4O2/c1-25(15-16-7-3-2-4-8-16)21(27)19-11-5-10-18(24-19)20(26)23-14-17-9-6-12-22-13-17/h2-13H,14-15H2,1H3,(H,23,26). The molecule has 0 aliphatic rings. The fourth-order valence-electron chi connectivity index (χ4n) is 2.58. The van der Waals surface area contributed by atoms with Gasteiger partial charge >= 0.3 is 0 Å². The summed E-state index contributed by atoms with van der Waals surface area (Å²) in [6, 6.07) is 18.3. The van der Waals surface area contributed by atoms with Gasteiger partial charge in [-0.2, -0.15) is 0 Å². The SMILES string of the molecule is CN(Cc1ccccc1)C(=O)c1cccc(C(=O)NCc2cccnc2)n1. The number of carbonyl (C=O) groups is 2. The lowest BCUT2D eigenvalue weighted by molar-refractivity contribution is 0.0779. The Labute approximate surface area is 157 Å². The van der Waals surface area contributed by atoms with E-state index >= 15 is 0 Å². The van der Waals surface area contributed by atoms with Crippen molar-refractivity contribution in [2.75, 3.05) is 7.05 Å². The molecule has 1 aromatic carbocycles. The second-order valence-corrected chi connectivity index (χ2v) is 6.10. The number of hydrogen-bond donors (Lipinski definition) is 1. The fourth-order valence-corrected chi connectivity index (χ4v) is 2.58. The van der Waals surface area contributed by atoms with Gasteiger partial charge in [0.15, 0.2) is 0 Å². The molecule has 6 nitrogen and oxygen atoms in total. The summed E-state index contributed by atoms with van der Waals surface area (Å²) in [7, 11) is 1.71. The summed E-state index contributed by atoms with van der Waals surface area (Å²) in [4.78, 5) is 34.8. The molecule has 0 spiro atoms. The van der Waals surface area contributed by atoms with E-state index in [9.17, 15) is 9.59 Å². The average molecular weight is 360 g/mol. The van der Waals surface area contributed by atoms with E-state index in [4.69, 9.17) is 0 Å². The van der Waals surface area contributed by atoms with Crippen LogP contribution in [0, 0.1) is 0 Å². The smallest absolute Gasteiger partial charge is 0.272 e. The molecule has 0 radical (unpaired) electrons. The van der Waals surface area contributed by atoms with Gasteiger partial charge in [0.25, 0.3) is 11.8 Å². The van der Waals surface area contributed by atoms with Crippen LogP contribution in [0.1, 0.15) is 32.1 Å². The van der Waals surface area contributed by atoms with Crippen LogP contribution in [-0.2, 0) is 13.1 Å². The zero-order chi connectivity index (χ0) is 19.1. The van der Waals surface area contributed by atoms with Crippen LogP contribution in [0.25, 0.3) is 0 Å². The maximum Gasteiger partial charge on any atom is 0.272 e. The van der Waals surface area contributed by atoms with Crippen molar-refractivity contribution < 1.29 is 9.59 Å². The van der Waals surface area contributed by atoms with Gasteiger partial charge in [-0.25, -0.2) is 4.98 Å². The molecule has 2 amide bonds. The highest BCUT2D eigenvalue weighted by molar-refractivity contribution is 5.96. The molecule has 0 atom stereocenters. The van der Waals surface area contributed by atoms with Crippen LogP contribution in [0.5, 0.6) is 0 Å². The molecular formula is C21H20N4O2. The first kappa shape index (κ1) is 18.3. The van der Waals surface area contributed by atoms with E-state index in [1.165, 1.54) is 0 Å². The number of nitrogens with one attached hydrogen (secondary N) is 1. The molecule has 0 saturated heterocycles. The molecule has 2 heterocycles. The second kappa shape index (κ2) is 8.71. The van der Waals surface area contributed by atoms with Crippen LogP contribution in [0.15, 0.2) is 73.1 Å². The lowest BCUT2D eigenvalue weighted by atomic mass is 10.2. The number of carbonyl (C=O) groups excluding carboxylic acids is 2. The van der Waals surface area contributed by atoms with E-state index in [0.29, 0.717) is 13.1 Å². The summed E-state index contributed by atoms with van der Waals surface area (Å²) in [5.41, 5.74) is 2.36. The maximum atomic E-state index is 12.6. The number of aromatic nitrogens is 2. The molecule has 0 fully saturated rings. The highest BCUT2D eigenvalue weighted by Gasteiger charge is 2.16. The second-order valence-electron chi connectivity index (χ2n) is 6.10. The molecule has 3 aromatic rings. The predicted molar refractivity (Wildman–Crippen MR) is 102 cm³/mol. The molecular weight excluding hydrogens is 340 g/mol. The van der Waals surface area contributed by atoms with E-state index in [1.807, 2.05) is 42.5 Å². The molecule has 3 rings (SSSR count). The van der Waals surface area contributed by atoms with Crippen molar-refractivity contribution in [3.8, 4) is 0 Å². The maximum absolute atomic E-state index is 12.6. The Morgan fingerprint density at radius 2 is 1.67 bits per heavy atom. The molecule has 136 valence electrons. The lowest BCUT2D eigenvalue weighted by Crippen LogP contribution is -2.29. The molecule has 0 aliphatic heterocycles. The fraction of sp³-hybridized carbons (Fsp3) is 0.143. The molecule has 0 unspecified atom stereocenters. The van der Waals surface area contributed by atoms with Gasteiger partial charge in [-0.3, -0.25) is 14.6 Å². The molecule has 2 aromatic heterocycles. The van der Waals surface area contributed by atoms with Crippen LogP contribution in [0.4, 0.5) is 0 Å².